The molecule has 0 aliphatic carbocycles. The van der Waals surface area contributed by atoms with Crippen molar-refractivity contribution in [3.8, 4) is 0 Å². The number of rotatable bonds is 5. The lowest BCUT2D eigenvalue weighted by Crippen LogP contribution is -2.38. The van der Waals surface area contributed by atoms with Gasteiger partial charge in [-0.05, 0) is 31.2 Å². The average Bonchev–Trinajstić information content (AvgIpc) is 2.53. The minimum atomic E-state index is 0.0245. The SMILES string of the molecule is CCCNc1cc(C(=O)N2CCC(CC)CC2)c(Cl)cn1. The van der Waals surface area contributed by atoms with Crippen molar-refractivity contribution in [2.75, 3.05) is 25.0 Å². The van der Waals surface area contributed by atoms with Gasteiger partial charge in [0.25, 0.3) is 5.91 Å². The van der Waals surface area contributed by atoms with E-state index in [1.54, 1.807) is 12.3 Å². The molecule has 0 unspecified atom stereocenters. The zero-order valence-corrected chi connectivity index (χ0v) is 13.6. The molecule has 116 valence electrons. The van der Waals surface area contributed by atoms with Crippen LogP contribution >= 0.6 is 11.6 Å². The Hall–Kier alpha value is -1.29. The topological polar surface area (TPSA) is 45.2 Å². The molecule has 0 saturated carbocycles. The van der Waals surface area contributed by atoms with E-state index in [-0.39, 0.29) is 5.91 Å². The zero-order valence-electron chi connectivity index (χ0n) is 12.9. The third kappa shape index (κ3) is 4.10. The fraction of sp³-hybridized carbons (Fsp3) is 0.625. The number of nitrogens with one attached hydrogen (secondary N) is 1. The third-order valence-electron chi connectivity index (χ3n) is 4.12. The van der Waals surface area contributed by atoms with Crippen LogP contribution in [0.5, 0.6) is 0 Å². The first-order chi connectivity index (χ1) is 10.2. The number of aromatic nitrogens is 1. The molecular formula is C16H24ClN3O. The largest absolute Gasteiger partial charge is 0.370 e. The van der Waals surface area contributed by atoms with Gasteiger partial charge >= 0.3 is 0 Å². The number of pyridine rings is 1. The van der Waals surface area contributed by atoms with Crippen LogP contribution in [0.1, 0.15) is 49.9 Å². The normalized spacial score (nSPS) is 16.0. The van der Waals surface area contributed by atoms with Crippen LogP contribution in [0.2, 0.25) is 5.02 Å². The maximum absolute atomic E-state index is 12.6. The Kier molecular flexibility index (Phi) is 5.85. The first-order valence-corrected chi connectivity index (χ1v) is 8.22. The molecule has 0 spiro atoms. The van der Waals surface area contributed by atoms with Gasteiger partial charge in [0.1, 0.15) is 5.82 Å². The summed E-state index contributed by atoms with van der Waals surface area (Å²) in [5.74, 6) is 1.49. The van der Waals surface area contributed by atoms with Gasteiger partial charge in [0.15, 0.2) is 0 Å². The Morgan fingerprint density at radius 2 is 2.14 bits per heavy atom. The first kappa shape index (κ1) is 16.1. The average molecular weight is 310 g/mol. The Bertz CT molecular complexity index is 484. The van der Waals surface area contributed by atoms with E-state index in [1.165, 1.54) is 6.42 Å². The van der Waals surface area contributed by atoms with Gasteiger partial charge in [-0.2, -0.15) is 0 Å². The number of anilines is 1. The molecule has 1 aliphatic rings. The third-order valence-corrected chi connectivity index (χ3v) is 4.42. The monoisotopic (exact) mass is 309 g/mol. The molecule has 1 amide bonds. The number of nitrogens with zero attached hydrogens (tertiary/aromatic N) is 2. The molecule has 1 aromatic rings. The summed E-state index contributed by atoms with van der Waals surface area (Å²) in [6.07, 6.45) is 5.95. The molecule has 4 nitrogen and oxygen atoms in total. The summed E-state index contributed by atoms with van der Waals surface area (Å²) in [6.45, 7) is 6.80. The Balaban J connectivity index is 2.07. The quantitative estimate of drug-likeness (QED) is 0.899. The second kappa shape index (κ2) is 7.64. The van der Waals surface area contributed by atoms with Crippen molar-refractivity contribution in [3.05, 3.63) is 22.8 Å². The maximum atomic E-state index is 12.6. The molecule has 0 radical (unpaired) electrons. The summed E-state index contributed by atoms with van der Waals surface area (Å²) in [5, 5.41) is 3.63. The van der Waals surface area contributed by atoms with Gasteiger partial charge in [-0.3, -0.25) is 4.79 Å². The Morgan fingerprint density at radius 1 is 1.43 bits per heavy atom. The van der Waals surface area contributed by atoms with Gasteiger partial charge in [-0.1, -0.05) is 31.9 Å². The van der Waals surface area contributed by atoms with E-state index in [0.29, 0.717) is 16.4 Å². The standard InChI is InChI=1S/C16H24ClN3O/c1-3-7-18-15-10-13(14(17)11-19-15)16(21)20-8-5-12(4-2)6-9-20/h10-12H,3-9H2,1-2H3,(H,18,19). The lowest BCUT2D eigenvalue weighted by Gasteiger charge is -2.31. The fourth-order valence-electron chi connectivity index (χ4n) is 2.67. The highest BCUT2D eigenvalue weighted by Crippen LogP contribution is 2.24. The number of hydrogen-bond donors (Lipinski definition) is 1. The number of carbonyl (C=O) groups excluding carboxylic acids is 1. The lowest BCUT2D eigenvalue weighted by atomic mass is 9.94. The first-order valence-electron chi connectivity index (χ1n) is 7.84. The van der Waals surface area contributed by atoms with Crippen LogP contribution in [0, 0.1) is 5.92 Å². The van der Waals surface area contributed by atoms with E-state index in [4.69, 9.17) is 11.6 Å². The molecule has 1 saturated heterocycles. The zero-order chi connectivity index (χ0) is 15.2. The summed E-state index contributed by atoms with van der Waals surface area (Å²) >= 11 is 6.16. The Morgan fingerprint density at radius 3 is 2.76 bits per heavy atom. The number of carbonyl (C=O) groups is 1. The van der Waals surface area contributed by atoms with Crippen LogP contribution in [0.15, 0.2) is 12.3 Å². The Labute approximate surface area is 131 Å². The van der Waals surface area contributed by atoms with Crippen LogP contribution in [-0.4, -0.2) is 35.4 Å². The molecule has 0 atom stereocenters. The predicted molar refractivity (Wildman–Crippen MR) is 86.9 cm³/mol. The number of amides is 1. The molecule has 0 aromatic carbocycles. The van der Waals surface area contributed by atoms with E-state index in [0.717, 1.165) is 44.8 Å². The molecule has 0 bridgehead atoms. The van der Waals surface area contributed by atoms with E-state index in [9.17, 15) is 4.79 Å². The summed E-state index contributed by atoms with van der Waals surface area (Å²) in [6, 6.07) is 1.77. The highest BCUT2D eigenvalue weighted by atomic mass is 35.5. The predicted octanol–water partition coefficient (Wildman–Crippen LogP) is 3.82. The summed E-state index contributed by atoms with van der Waals surface area (Å²) in [5.41, 5.74) is 0.556. The number of likely N-dealkylation sites (tertiary alicyclic amines) is 1. The van der Waals surface area contributed by atoms with Gasteiger partial charge in [-0.25, -0.2) is 4.98 Å². The lowest BCUT2D eigenvalue weighted by molar-refractivity contribution is 0.0689. The number of halogens is 1. The summed E-state index contributed by atoms with van der Waals surface area (Å²) in [4.78, 5) is 18.8. The van der Waals surface area contributed by atoms with Crippen molar-refractivity contribution in [1.29, 1.82) is 0 Å². The van der Waals surface area contributed by atoms with Crippen molar-refractivity contribution in [3.63, 3.8) is 0 Å². The van der Waals surface area contributed by atoms with Crippen LogP contribution < -0.4 is 5.32 Å². The smallest absolute Gasteiger partial charge is 0.255 e. The van der Waals surface area contributed by atoms with E-state index < -0.39 is 0 Å². The molecule has 1 aliphatic heterocycles. The van der Waals surface area contributed by atoms with Gasteiger partial charge in [0.2, 0.25) is 0 Å². The maximum Gasteiger partial charge on any atom is 0.255 e. The molecule has 2 heterocycles. The van der Waals surface area contributed by atoms with Crippen LogP contribution in [0.4, 0.5) is 5.82 Å². The highest BCUT2D eigenvalue weighted by Gasteiger charge is 2.24. The summed E-state index contributed by atoms with van der Waals surface area (Å²) in [7, 11) is 0. The van der Waals surface area contributed by atoms with Crippen molar-refractivity contribution in [1.82, 2.24) is 9.88 Å². The second-order valence-electron chi connectivity index (χ2n) is 5.62. The highest BCUT2D eigenvalue weighted by molar-refractivity contribution is 6.33. The van der Waals surface area contributed by atoms with Crippen LogP contribution in [0.3, 0.4) is 0 Å². The van der Waals surface area contributed by atoms with Crippen molar-refractivity contribution >= 4 is 23.3 Å². The van der Waals surface area contributed by atoms with Gasteiger partial charge < -0.3 is 10.2 Å². The number of hydrogen-bond acceptors (Lipinski definition) is 3. The van der Waals surface area contributed by atoms with Crippen LogP contribution in [-0.2, 0) is 0 Å². The minimum absolute atomic E-state index is 0.0245. The molecule has 1 aromatic heterocycles. The molecular weight excluding hydrogens is 286 g/mol. The molecule has 2 rings (SSSR count). The van der Waals surface area contributed by atoms with Gasteiger partial charge in [0, 0.05) is 25.8 Å². The van der Waals surface area contributed by atoms with Gasteiger partial charge in [0.05, 0.1) is 10.6 Å². The second-order valence-corrected chi connectivity index (χ2v) is 6.03. The molecule has 21 heavy (non-hydrogen) atoms. The van der Waals surface area contributed by atoms with E-state index >= 15 is 0 Å². The van der Waals surface area contributed by atoms with Crippen molar-refractivity contribution in [2.45, 2.75) is 39.5 Å². The molecule has 1 N–H and O–H groups in total. The van der Waals surface area contributed by atoms with E-state index in [2.05, 4.69) is 24.1 Å². The number of piperidine rings is 1. The van der Waals surface area contributed by atoms with Crippen molar-refractivity contribution in [2.24, 2.45) is 5.92 Å². The van der Waals surface area contributed by atoms with E-state index in [1.807, 2.05) is 4.90 Å². The van der Waals surface area contributed by atoms with Crippen molar-refractivity contribution < 1.29 is 4.79 Å². The fourth-order valence-corrected chi connectivity index (χ4v) is 2.85. The molecule has 5 heteroatoms. The molecule has 1 fully saturated rings. The summed E-state index contributed by atoms with van der Waals surface area (Å²) < 4.78 is 0. The van der Waals surface area contributed by atoms with Crippen LogP contribution in [0.25, 0.3) is 0 Å². The minimum Gasteiger partial charge on any atom is -0.370 e. The van der Waals surface area contributed by atoms with Gasteiger partial charge in [-0.15, -0.1) is 0 Å².